The lowest BCUT2D eigenvalue weighted by molar-refractivity contribution is 0.0642. The van der Waals surface area contributed by atoms with E-state index in [9.17, 15) is 0 Å². The summed E-state index contributed by atoms with van der Waals surface area (Å²) in [5.74, 6) is 2.05. The molecule has 0 N–H and O–H groups in total. The number of nitrogens with zero attached hydrogens (tertiary/aromatic N) is 2. The molecular weight excluding hydrogens is 312 g/mol. The standard InChI is InChI=1S/C13H19BrN2O3/c1-17-7-8-18-5-2-6-19-12-9-11(14)15-13(16-12)10-3-4-10/h9-10H,2-8H2,1H3. The fraction of sp³-hybridized carbons (Fsp3) is 0.692. The van der Waals surface area contributed by atoms with Gasteiger partial charge in [-0.2, -0.15) is 4.98 Å². The third kappa shape index (κ3) is 5.42. The molecule has 0 atom stereocenters. The minimum absolute atomic E-state index is 0.525. The molecule has 19 heavy (non-hydrogen) atoms. The highest BCUT2D eigenvalue weighted by atomic mass is 79.9. The predicted octanol–water partition coefficient (Wildman–Crippen LogP) is 2.55. The third-order valence-corrected chi connectivity index (χ3v) is 3.15. The second-order valence-corrected chi connectivity index (χ2v) is 5.28. The zero-order chi connectivity index (χ0) is 13.5. The van der Waals surface area contributed by atoms with Gasteiger partial charge in [0, 0.05) is 32.1 Å². The van der Waals surface area contributed by atoms with Crippen molar-refractivity contribution in [2.24, 2.45) is 0 Å². The highest BCUT2D eigenvalue weighted by Gasteiger charge is 2.27. The second-order valence-electron chi connectivity index (χ2n) is 4.47. The first kappa shape index (κ1) is 14.7. The topological polar surface area (TPSA) is 53.5 Å². The lowest BCUT2D eigenvalue weighted by Gasteiger charge is -2.07. The molecule has 0 amide bonds. The first-order valence-corrected chi connectivity index (χ1v) is 7.33. The molecule has 0 spiro atoms. The normalized spacial score (nSPS) is 14.6. The molecule has 0 bridgehead atoms. The zero-order valence-electron chi connectivity index (χ0n) is 11.1. The van der Waals surface area contributed by atoms with Gasteiger partial charge in [0.25, 0.3) is 0 Å². The molecule has 1 aromatic rings. The molecule has 2 rings (SSSR count). The Morgan fingerprint density at radius 2 is 2.05 bits per heavy atom. The average molecular weight is 331 g/mol. The summed E-state index contributed by atoms with van der Waals surface area (Å²) >= 11 is 3.39. The van der Waals surface area contributed by atoms with Gasteiger partial charge in [-0.15, -0.1) is 0 Å². The summed E-state index contributed by atoms with van der Waals surface area (Å²) in [7, 11) is 1.66. The van der Waals surface area contributed by atoms with Crippen LogP contribution in [0.2, 0.25) is 0 Å². The molecule has 0 saturated heterocycles. The van der Waals surface area contributed by atoms with Gasteiger partial charge >= 0.3 is 0 Å². The van der Waals surface area contributed by atoms with E-state index < -0.39 is 0 Å². The van der Waals surface area contributed by atoms with E-state index >= 15 is 0 Å². The number of rotatable bonds is 9. The van der Waals surface area contributed by atoms with Crippen molar-refractivity contribution in [3.8, 4) is 5.88 Å². The molecule has 0 radical (unpaired) electrons. The Morgan fingerprint density at radius 3 is 2.79 bits per heavy atom. The number of methoxy groups -OCH3 is 1. The summed E-state index contributed by atoms with van der Waals surface area (Å²) in [6, 6.07) is 1.80. The van der Waals surface area contributed by atoms with Crippen LogP contribution in [0.25, 0.3) is 0 Å². The molecule has 1 aromatic heterocycles. The summed E-state index contributed by atoms with van der Waals surface area (Å²) in [6.45, 7) is 2.53. The van der Waals surface area contributed by atoms with Crippen molar-refractivity contribution < 1.29 is 14.2 Å². The van der Waals surface area contributed by atoms with E-state index in [1.807, 2.05) is 0 Å². The van der Waals surface area contributed by atoms with Gasteiger partial charge in [-0.3, -0.25) is 0 Å². The van der Waals surface area contributed by atoms with E-state index in [2.05, 4.69) is 25.9 Å². The van der Waals surface area contributed by atoms with Gasteiger partial charge in [0.05, 0.1) is 19.8 Å². The van der Waals surface area contributed by atoms with Crippen LogP contribution < -0.4 is 4.74 Å². The highest BCUT2D eigenvalue weighted by molar-refractivity contribution is 9.10. The molecule has 5 nitrogen and oxygen atoms in total. The Labute approximate surface area is 121 Å². The lowest BCUT2D eigenvalue weighted by Crippen LogP contribution is -2.08. The Hall–Kier alpha value is -0.720. The second kappa shape index (κ2) is 7.77. The summed E-state index contributed by atoms with van der Waals surface area (Å²) in [6.07, 6.45) is 3.20. The Morgan fingerprint density at radius 1 is 1.21 bits per heavy atom. The lowest BCUT2D eigenvalue weighted by atomic mass is 10.4. The van der Waals surface area contributed by atoms with Crippen LogP contribution in [0, 0.1) is 0 Å². The maximum absolute atomic E-state index is 5.62. The first-order chi connectivity index (χ1) is 9.29. The Balaban J connectivity index is 1.67. The van der Waals surface area contributed by atoms with E-state index in [1.165, 1.54) is 12.8 Å². The summed E-state index contributed by atoms with van der Waals surface area (Å²) < 4.78 is 16.7. The minimum atomic E-state index is 0.525. The molecule has 1 fully saturated rings. The van der Waals surface area contributed by atoms with Gasteiger partial charge in [0.15, 0.2) is 0 Å². The van der Waals surface area contributed by atoms with Gasteiger partial charge in [0.1, 0.15) is 10.4 Å². The molecule has 0 aromatic carbocycles. The minimum Gasteiger partial charge on any atom is -0.477 e. The van der Waals surface area contributed by atoms with Crippen LogP contribution >= 0.6 is 15.9 Å². The van der Waals surface area contributed by atoms with Gasteiger partial charge in [-0.1, -0.05) is 0 Å². The van der Waals surface area contributed by atoms with Gasteiger partial charge in [-0.25, -0.2) is 4.98 Å². The largest absolute Gasteiger partial charge is 0.477 e. The predicted molar refractivity (Wildman–Crippen MR) is 74.5 cm³/mol. The van der Waals surface area contributed by atoms with Crippen molar-refractivity contribution in [1.82, 2.24) is 9.97 Å². The van der Waals surface area contributed by atoms with Crippen molar-refractivity contribution in [2.45, 2.75) is 25.2 Å². The molecule has 0 unspecified atom stereocenters. The van der Waals surface area contributed by atoms with E-state index in [4.69, 9.17) is 14.2 Å². The highest BCUT2D eigenvalue weighted by Crippen LogP contribution is 2.39. The van der Waals surface area contributed by atoms with Crippen LogP contribution in [-0.4, -0.2) is 43.5 Å². The van der Waals surface area contributed by atoms with Crippen molar-refractivity contribution in [2.75, 3.05) is 33.5 Å². The van der Waals surface area contributed by atoms with Crippen molar-refractivity contribution in [3.63, 3.8) is 0 Å². The van der Waals surface area contributed by atoms with Gasteiger partial charge in [0.2, 0.25) is 5.88 Å². The zero-order valence-corrected chi connectivity index (χ0v) is 12.7. The number of aromatic nitrogens is 2. The Bertz CT molecular complexity index is 399. The number of ether oxygens (including phenoxy) is 3. The molecule has 1 saturated carbocycles. The van der Waals surface area contributed by atoms with Crippen LogP contribution in [0.5, 0.6) is 5.88 Å². The average Bonchev–Trinajstić information content (AvgIpc) is 3.21. The monoisotopic (exact) mass is 330 g/mol. The molecule has 1 heterocycles. The molecule has 106 valence electrons. The molecular formula is C13H19BrN2O3. The molecule has 1 aliphatic carbocycles. The maximum atomic E-state index is 5.62. The van der Waals surface area contributed by atoms with Gasteiger partial charge < -0.3 is 14.2 Å². The van der Waals surface area contributed by atoms with Crippen LogP contribution in [0.15, 0.2) is 10.7 Å². The molecule has 6 heteroatoms. The van der Waals surface area contributed by atoms with Crippen molar-refractivity contribution in [1.29, 1.82) is 0 Å². The van der Waals surface area contributed by atoms with E-state index in [0.717, 1.165) is 16.8 Å². The van der Waals surface area contributed by atoms with Crippen LogP contribution in [0.3, 0.4) is 0 Å². The van der Waals surface area contributed by atoms with E-state index in [0.29, 0.717) is 38.2 Å². The van der Waals surface area contributed by atoms with E-state index in [-0.39, 0.29) is 0 Å². The molecule has 0 aliphatic heterocycles. The number of hydrogen-bond donors (Lipinski definition) is 0. The fourth-order valence-corrected chi connectivity index (χ4v) is 1.97. The van der Waals surface area contributed by atoms with Crippen LogP contribution in [0.1, 0.15) is 31.0 Å². The summed E-state index contributed by atoms with van der Waals surface area (Å²) in [5, 5.41) is 0. The Kier molecular flexibility index (Phi) is 6.00. The third-order valence-electron chi connectivity index (χ3n) is 2.75. The molecule has 1 aliphatic rings. The van der Waals surface area contributed by atoms with E-state index in [1.54, 1.807) is 13.2 Å². The quantitative estimate of drug-likeness (QED) is 0.514. The maximum Gasteiger partial charge on any atom is 0.217 e. The number of halogens is 1. The van der Waals surface area contributed by atoms with Gasteiger partial charge in [-0.05, 0) is 28.8 Å². The summed E-state index contributed by atoms with van der Waals surface area (Å²) in [4.78, 5) is 8.78. The summed E-state index contributed by atoms with van der Waals surface area (Å²) in [5.41, 5.74) is 0. The fourth-order valence-electron chi connectivity index (χ4n) is 1.59. The smallest absolute Gasteiger partial charge is 0.217 e. The SMILES string of the molecule is COCCOCCCOc1cc(Br)nc(C2CC2)n1. The van der Waals surface area contributed by atoms with Crippen molar-refractivity contribution in [3.05, 3.63) is 16.5 Å². The van der Waals surface area contributed by atoms with Crippen LogP contribution in [0.4, 0.5) is 0 Å². The first-order valence-electron chi connectivity index (χ1n) is 6.53. The number of hydrogen-bond acceptors (Lipinski definition) is 5. The van der Waals surface area contributed by atoms with Crippen molar-refractivity contribution >= 4 is 15.9 Å². The van der Waals surface area contributed by atoms with Crippen LogP contribution in [-0.2, 0) is 9.47 Å².